The molecule has 0 spiro atoms. The van der Waals surface area contributed by atoms with Crippen molar-refractivity contribution < 1.29 is 24.2 Å². The number of phenols is 1. The Bertz CT molecular complexity index is 1320. The molecule has 1 heterocycles. The fourth-order valence-electron chi connectivity index (χ4n) is 4.46. The Morgan fingerprint density at radius 3 is 2.43 bits per heavy atom. The maximum Gasteiger partial charge on any atom is 0.273 e. The Kier molecular flexibility index (Phi) is 7.63. The Balaban J connectivity index is 1.88. The summed E-state index contributed by atoms with van der Waals surface area (Å²) in [7, 11) is 1.40. The van der Waals surface area contributed by atoms with E-state index in [1.54, 1.807) is 18.2 Å². The standard InChI is InChI=1S/C26H29N5O5S/c1-14-7-10-17(11-8-14)31(26(35)23-20(27)21(24(28)33)30-37-23)22(25(34)29-16-5-3-4-6-16)15-9-12-18(32)19(13-15)36-2/h7-13,16,22,32H,3-6,27H2,1-2H3,(H2,28,33)(H,29,34). The van der Waals surface area contributed by atoms with Gasteiger partial charge in [-0.25, -0.2) is 0 Å². The zero-order chi connectivity index (χ0) is 26.7. The van der Waals surface area contributed by atoms with Gasteiger partial charge in [0.1, 0.15) is 10.9 Å². The van der Waals surface area contributed by atoms with Crippen LogP contribution in [0.2, 0.25) is 0 Å². The number of benzene rings is 2. The maximum atomic E-state index is 14.1. The lowest BCUT2D eigenvalue weighted by atomic mass is 10.0. The van der Waals surface area contributed by atoms with Gasteiger partial charge >= 0.3 is 0 Å². The SMILES string of the molecule is COc1cc(C(C(=O)NC2CCCC2)N(C(=O)c2snc(C(N)=O)c2N)c2ccc(C)cc2)ccc1O. The van der Waals surface area contributed by atoms with Crippen molar-refractivity contribution in [3.8, 4) is 11.5 Å². The van der Waals surface area contributed by atoms with Crippen LogP contribution in [-0.4, -0.2) is 40.4 Å². The number of aromatic nitrogens is 1. The van der Waals surface area contributed by atoms with Gasteiger partial charge in [0, 0.05) is 11.7 Å². The van der Waals surface area contributed by atoms with Crippen molar-refractivity contribution >= 4 is 40.6 Å². The number of carbonyl (C=O) groups is 3. The van der Waals surface area contributed by atoms with Crippen LogP contribution in [0.1, 0.15) is 63.0 Å². The van der Waals surface area contributed by atoms with Crippen LogP contribution < -0.4 is 26.4 Å². The number of aryl methyl sites for hydroxylation is 1. The highest BCUT2D eigenvalue weighted by Crippen LogP contribution is 2.36. The molecule has 1 atom stereocenters. The van der Waals surface area contributed by atoms with Crippen LogP contribution >= 0.6 is 11.5 Å². The largest absolute Gasteiger partial charge is 0.504 e. The van der Waals surface area contributed by atoms with Gasteiger partial charge in [0.15, 0.2) is 17.2 Å². The Labute approximate surface area is 218 Å². The van der Waals surface area contributed by atoms with E-state index in [0.29, 0.717) is 11.3 Å². The molecule has 1 aliphatic carbocycles. The summed E-state index contributed by atoms with van der Waals surface area (Å²) in [4.78, 5) is 41.0. The number of rotatable bonds is 8. The van der Waals surface area contributed by atoms with E-state index in [9.17, 15) is 19.5 Å². The Morgan fingerprint density at radius 1 is 1.16 bits per heavy atom. The molecule has 0 aliphatic heterocycles. The van der Waals surface area contributed by atoms with E-state index in [0.717, 1.165) is 42.8 Å². The molecule has 1 fully saturated rings. The average molecular weight is 524 g/mol. The molecule has 6 N–H and O–H groups in total. The number of nitrogens with zero attached hydrogens (tertiary/aromatic N) is 2. The predicted octanol–water partition coefficient (Wildman–Crippen LogP) is 3.29. The molecule has 11 heteroatoms. The van der Waals surface area contributed by atoms with Crippen LogP contribution in [0.4, 0.5) is 11.4 Å². The van der Waals surface area contributed by atoms with Crippen molar-refractivity contribution in [2.45, 2.75) is 44.7 Å². The molecule has 0 bridgehead atoms. The summed E-state index contributed by atoms with van der Waals surface area (Å²) in [5.74, 6) is -1.82. The second-order valence-electron chi connectivity index (χ2n) is 8.97. The van der Waals surface area contributed by atoms with Crippen molar-refractivity contribution in [1.82, 2.24) is 9.69 Å². The number of amides is 3. The van der Waals surface area contributed by atoms with Crippen molar-refractivity contribution in [2.75, 3.05) is 17.7 Å². The molecule has 3 amide bonds. The molecule has 1 saturated carbocycles. The van der Waals surface area contributed by atoms with Crippen molar-refractivity contribution in [3.63, 3.8) is 0 Å². The first-order valence-corrected chi connectivity index (χ1v) is 12.6. The number of anilines is 2. The van der Waals surface area contributed by atoms with E-state index in [-0.39, 0.29) is 33.8 Å². The minimum absolute atomic E-state index is 0.0149. The first-order chi connectivity index (χ1) is 17.7. The van der Waals surface area contributed by atoms with Crippen LogP contribution in [0.5, 0.6) is 11.5 Å². The lowest BCUT2D eigenvalue weighted by Gasteiger charge is -2.32. The van der Waals surface area contributed by atoms with Crippen LogP contribution in [0.15, 0.2) is 42.5 Å². The van der Waals surface area contributed by atoms with E-state index in [4.69, 9.17) is 16.2 Å². The molecule has 2 aromatic carbocycles. The first kappa shape index (κ1) is 26.0. The van der Waals surface area contributed by atoms with Crippen LogP contribution in [0, 0.1) is 6.92 Å². The number of hydrogen-bond acceptors (Lipinski definition) is 8. The number of carbonyl (C=O) groups excluding carboxylic acids is 3. The number of ether oxygens (including phenoxy) is 1. The van der Waals surface area contributed by atoms with Gasteiger partial charge in [0.25, 0.3) is 11.8 Å². The summed E-state index contributed by atoms with van der Waals surface area (Å²) in [5.41, 5.74) is 12.9. The van der Waals surface area contributed by atoms with Crippen LogP contribution in [-0.2, 0) is 4.79 Å². The Morgan fingerprint density at radius 2 is 1.84 bits per heavy atom. The lowest BCUT2D eigenvalue weighted by molar-refractivity contribution is -0.123. The predicted molar refractivity (Wildman–Crippen MR) is 141 cm³/mol. The zero-order valence-corrected chi connectivity index (χ0v) is 21.4. The number of aromatic hydroxyl groups is 1. The summed E-state index contributed by atoms with van der Waals surface area (Å²) in [6, 6.07) is 10.4. The van der Waals surface area contributed by atoms with Gasteiger partial charge in [-0.3, -0.25) is 19.3 Å². The quantitative estimate of drug-likeness (QED) is 0.352. The Hall–Kier alpha value is -4.12. The van der Waals surface area contributed by atoms with Crippen molar-refractivity contribution in [2.24, 2.45) is 5.73 Å². The molecule has 0 saturated heterocycles. The molecule has 1 aromatic heterocycles. The lowest BCUT2D eigenvalue weighted by Crippen LogP contribution is -2.46. The van der Waals surface area contributed by atoms with Crippen LogP contribution in [0.25, 0.3) is 0 Å². The second-order valence-corrected chi connectivity index (χ2v) is 9.75. The summed E-state index contributed by atoms with van der Waals surface area (Å²) in [6.45, 7) is 1.91. The zero-order valence-electron chi connectivity index (χ0n) is 20.6. The summed E-state index contributed by atoms with van der Waals surface area (Å²) >= 11 is 0.743. The van der Waals surface area contributed by atoms with E-state index < -0.39 is 23.8 Å². The van der Waals surface area contributed by atoms with Gasteiger partial charge in [0.2, 0.25) is 5.91 Å². The third-order valence-electron chi connectivity index (χ3n) is 6.41. The molecule has 3 aromatic rings. The molecule has 0 radical (unpaired) electrons. The normalized spacial score (nSPS) is 14.2. The van der Waals surface area contributed by atoms with E-state index in [1.807, 2.05) is 19.1 Å². The molecule has 10 nitrogen and oxygen atoms in total. The molecule has 37 heavy (non-hydrogen) atoms. The smallest absolute Gasteiger partial charge is 0.273 e. The van der Waals surface area contributed by atoms with Gasteiger partial charge in [-0.05, 0) is 61.1 Å². The van der Waals surface area contributed by atoms with E-state index >= 15 is 0 Å². The van der Waals surface area contributed by atoms with Gasteiger partial charge < -0.3 is 26.6 Å². The summed E-state index contributed by atoms with van der Waals surface area (Å²) < 4.78 is 9.25. The molecule has 194 valence electrons. The van der Waals surface area contributed by atoms with Gasteiger partial charge in [-0.15, -0.1) is 0 Å². The second kappa shape index (κ2) is 10.9. The minimum atomic E-state index is -1.15. The third kappa shape index (κ3) is 5.36. The summed E-state index contributed by atoms with van der Waals surface area (Å²) in [6.07, 6.45) is 3.71. The van der Waals surface area contributed by atoms with E-state index in [2.05, 4.69) is 9.69 Å². The third-order valence-corrected chi connectivity index (χ3v) is 7.27. The van der Waals surface area contributed by atoms with Crippen molar-refractivity contribution in [1.29, 1.82) is 0 Å². The van der Waals surface area contributed by atoms with Gasteiger partial charge in [-0.2, -0.15) is 4.37 Å². The first-order valence-electron chi connectivity index (χ1n) is 11.8. The van der Waals surface area contributed by atoms with E-state index in [1.165, 1.54) is 24.1 Å². The highest BCUT2D eigenvalue weighted by molar-refractivity contribution is 7.09. The summed E-state index contributed by atoms with van der Waals surface area (Å²) in [5, 5.41) is 13.3. The van der Waals surface area contributed by atoms with Gasteiger partial charge in [0.05, 0.1) is 12.8 Å². The minimum Gasteiger partial charge on any atom is -0.504 e. The molecule has 1 unspecified atom stereocenters. The maximum absolute atomic E-state index is 14.1. The fraction of sp³-hybridized carbons (Fsp3) is 0.308. The topological polar surface area (TPSA) is 161 Å². The fourth-order valence-corrected chi connectivity index (χ4v) is 5.20. The number of nitrogen functional groups attached to an aromatic ring is 1. The number of phenolic OH excluding ortho intramolecular Hbond substituents is 1. The number of primary amides is 1. The van der Waals surface area contributed by atoms with Crippen LogP contribution in [0.3, 0.4) is 0 Å². The molecule has 4 rings (SSSR count). The molecular formula is C26H29N5O5S. The number of nitrogens with two attached hydrogens (primary N) is 2. The molecule has 1 aliphatic rings. The monoisotopic (exact) mass is 523 g/mol. The number of methoxy groups -OCH3 is 1. The van der Waals surface area contributed by atoms with Gasteiger partial charge in [-0.1, -0.05) is 36.6 Å². The average Bonchev–Trinajstić information content (AvgIpc) is 3.53. The van der Waals surface area contributed by atoms with Crippen molar-refractivity contribution in [3.05, 3.63) is 64.2 Å². The highest BCUT2D eigenvalue weighted by atomic mass is 32.1. The molecular weight excluding hydrogens is 494 g/mol. The highest BCUT2D eigenvalue weighted by Gasteiger charge is 2.37. The number of hydrogen-bond donors (Lipinski definition) is 4. The number of nitrogens with one attached hydrogen (secondary N) is 1.